The van der Waals surface area contributed by atoms with Crippen molar-refractivity contribution in [3.8, 4) is 0 Å². The highest BCUT2D eigenvalue weighted by atomic mass is 32.1. The van der Waals surface area contributed by atoms with Crippen LogP contribution in [0.25, 0.3) is 0 Å². The molecule has 0 radical (unpaired) electrons. The lowest BCUT2D eigenvalue weighted by Crippen LogP contribution is -2.51. The predicted molar refractivity (Wildman–Crippen MR) is 88.5 cm³/mol. The minimum atomic E-state index is -0.703. The smallest absolute Gasteiger partial charge is 0.258 e. The largest absolute Gasteiger partial charge is 0.368 e. The summed E-state index contributed by atoms with van der Waals surface area (Å²) in [5, 5.41) is 7.03. The van der Waals surface area contributed by atoms with Crippen LogP contribution in [0.15, 0.2) is 0 Å². The number of aromatic nitrogens is 1. The average molecular weight is 323 g/mol. The first-order valence-corrected chi connectivity index (χ1v) is 9.11. The highest BCUT2D eigenvalue weighted by molar-refractivity contribution is 7.15. The number of anilines is 1. The van der Waals surface area contributed by atoms with Crippen LogP contribution < -0.4 is 10.6 Å². The number of nitrogens with one attached hydrogen (secondary N) is 2. The number of methoxy groups -OCH3 is 1. The molecule has 5 nitrogen and oxygen atoms in total. The molecule has 0 atom stereocenters. The molecular weight excluding hydrogens is 298 g/mol. The average Bonchev–Trinajstić information content (AvgIpc) is 2.89. The van der Waals surface area contributed by atoms with Crippen molar-refractivity contribution in [2.75, 3.05) is 25.5 Å². The van der Waals surface area contributed by atoms with Gasteiger partial charge in [0.1, 0.15) is 5.60 Å². The maximum atomic E-state index is 12.7. The molecule has 22 heavy (non-hydrogen) atoms. The molecule has 0 unspecified atom stereocenters. The second-order valence-corrected chi connectivity index (χ2v) is 7.29. The van der Waals surface area contributed by atoms with E-state index in [9.17, 15) is 4.79 Å². The van der Waals surface area contributed by atoms with Crippen LogP contribution in [-0.4, -0.2) is 36.7 Å². The summed E-state index contributed by atoms with van der Waals surface area (Å²) in [7, 11) is 1.63. The van der Waals surface area contributed by atoms with Gasteiger partial charge in [-0.1, -0.05) is 12.8 Å². The van der Waals surface area contributed by atoms with Crippen LogP contribution >= 0.6 is 11.3 Å². The molecule has 6 heteroatoms. The highest BCUT2D eigenvalue weighted by Crippen LogP contribution is 2.30. The summed E-state index contributed by atoms with van der Waals surface area (Å²) in [6.07, 6.45) is 8.59. The quantitative estimate of drug-likeness (QED) is 0.897. The van der Waals surface area contributed by atoms with Gasteiger partial charge in [0.05, 0.1) is 5.69 Å². The molecular formula is C16H25N3O2S. The Morgan fingerprint density at radius 2 is 1.95 bits per heavy atom. The first-order valence-electron chi connectivity index (χ1n) is 8.29. The SMILES string of the molecule is COC1(C(=O)Nc2nc3c(s2)CCCCCC3)CCNCC1. The van der Waals surface area contributed by atoms with E-state index in [0.29, 0.717) is 12.8 Å². The number of rotatable bonds is 3. The number of nitrogens with zero attached hydrogens (tertiary/aromatic N) is 1. The number of carbonyl (C=O) groups excluding carboxylic acids is 1. The van der Waals surface area contributed by atoms with Gasteiger partial charge in [0.25, 0.3) is 5.91 Å². The molecule has 2 heterocycles. The summed E-state index contributed by atoms with van der Waals surface area (Å²) in [5.74, 6) is -0.0433. The highest BCUT2D eigenvalue weighted by Gasteiger charge is 2.40. The number of amides is 1. The molecule has 1 aliphatic heterocycles. The zero-order valence-corrected chi connectivity index (χ0v) is 14.1. The Hall–Kier alpha value is -0.980. The second kappa shape index (κ2) is 7.06. The van der Waals surface area contributed by atoms with Gasteiger partial charge in [0, 0.05) is 12.0 Å². The third-order valence-electron chi connectivity index (χ3n) is 4.78. The molecule has 1 amide bonds. The Bertz CT molecular complexity index is 498. The normalized spacial score (nSPS) is 21.5. The molecule has 0 saturated carbocycles. The molecule has 122 valence electrons. The molecule has 0 aromatic carbocycles. The predicted octanol–water partition coefficient (Wildman–Crippen LogP) is 2.51. The van der Waals surface area contributed by atoms with Crippen molar-refractivity contribution in [1.29, 1.82) is 0 Å². The molecule has 3 rings (SSSR count). The Kier molecular flexibility index (Phi) is 5.10. The first-order chi connectivity index (χ1) is 10.7. The van der Waals surface area contributed by atoms with Gasteiger partial charge in [0.2, 0.25) is 0 Å². The van der Waals surface area contributed by atoms with Gasteiger partial charge >= 0.3 is 0 Å². The van der Waals surface area contributed by atoms with Crippen molar-refractivity contribution in [2.45, 2.75) is 57.0 Å². The van der Waals surface area contributed by atoms with Gasteiger partial charge in [-0.3, -0.25) is 10.1 Å². The molecule has 1 aromatic rings. The summed E-state index contributed by atoms with van der Waals surface area (Å²) < 4.78 is 5.58. The van der Waals surface area contributed by atoms with Gasteiger partial charge in [-0.15, -0.1) is 11.3 Å². The number of ether oxygens (including phenoxy) is 1. The number of carbonyl (C=O) groups is 1. The van der Waals surface area contributed by atoms with E-state index in [4.69, 9.17) is 4.74 Å². The molecule has 0 spiro atoms. The minimum Gasteiger partial charge on any atom is -0.368 e. The van der Waals surface area contributed by atoms with E-state index in [2.05, 4.69) is 15.6 Å². The fourth-order valence-electron chi connectivity index (χ4n) is 3.32. The lowest BCUT2D eigenvalue weighted by atomic mass is 9.91. The molecule has 1 aromatic heterocycles. The number of hydrogen-bond acceptors (Lipinski definition) is 5. The molecule has 2 aliphatic rings. The van der Waals surface area contributed by atoms with Crippen LogP contribution in [0.4, 0.5) is 5.13 Å². The standard InChI is InChI=1S/C16H25N3O2S/c1-21-16(8-10-17-11-9-16)14(20)19-15-18-12-6-4-2-3-5-7-13(12)22-15/h17H,2-11H2,1H3,(H,18,19,20). The molecule has 2 N–H and O–H groups in total. The molecule has 1 saturated heterocycles. The lowest BCUT2D eigenvalue weighted by molar-refractivity contribution is -0.140. The third kappa shape index (κ3) is 3.34. The van der Waals surface area contributed by atoms with Gasteiger partial charge in [-0.25, -0.2) is 4.98 Å². The zero-order chi connectivity index (χ0) is 15.4. The van der Waals surface area contributed by atoms with E-state index in [-0.39, 0.29) is 5.91 Å². The molecule has 1 aliphatic carbocycles. The van der Waals surface area contributed by atoms with Crippen molar-refractivity contribution >= 4 is 22.4 Å². The number of hydrogen-bond donors (Lipinski definition) is 2. The molecule has 1 fully saturated rings. The summed E-state index contributed by atoms with van der Waals surface area (Å²) >= 11 is 1.65. The summed E-state index contributed by atoms with van der Waals surface area (Å²) in [6, 6.07) is 0. The van der Waals surface area contributed by atoms with E-state index in [1.165, 1.54) is 36.3 Å². The van der Waals surface area contributed by atoms with Crippen LogP contribution in [0, 0.1) is 0 Å². The summed E-state index contributed by atoms with van der Waals surface area (Å²) in [6.45, 7) is 1.63. The maximum Gasteiger partial charge on any atom is 0.258 e. The monoisotopic (exact) mass is 323 g/mol. The topological polar surface area (TPSA) is 63.2 Å². The summed E-state index contributed by atoms with van der Waals surface area (Å²) in [5.41, 5.74) is 0.488. The van der Waals surface area contributed by atoms with Gasteiger partial charge in [0.15, 0.2) is 5.13 Å². The Balaban J connectivity index is 1.72. The van der Waals surface area contributed by atoms with Gasteiger partial charge in [-0.2, -0.15) is 0 Å². The molecule has 0 bridgehead atoms. The number of thiazole rings is 1. The second-order valence-electron chi connectivity index (χ2n) is 6.21. The van der Waals surface area contributed by atoms with E-state index in [1.54, 1.807) is 18.4 Å². The van der Waals surface area contributed by atoms with Gasteiger partial charge in [-0.05, 0) is 51.6 Å². The van der Waals surface area contributed by atoms with Crippen LogP contribution in [0.2, 0.25) is 0 Å². The first kappa shape index (κ1) is 15.9. The van der Waals surface area contributed by atoms with Crippen molar-refractivity contribution in [3.05, 3.63) is 10.6 Å². The number of aryl methyl sites for hydroxylation is 2. The van der Waals surface area contributed by atoms with Crippen molar-refractivity contribution < 1.29 is 9.53 Å². The summed E-state index contributed by atoms with van der Waals surface area (Å²) in [4.78, 5) is 18.7. The fraction of sp³-hybridized carbons (Fsp3) is 0.750. The fourth-order valence-corrected chi connectivity index (χ4v) is 4.37. The van der Waals surface area contributed by atoms with Crippen molar-refractivity contribution in [3.63, 3.8) is 0 Å². The lowest BCUT2D eigenvalue weighted by Gasteiger charge is -2.34. The van der Waals surface area contributed by atoms with E-state index < -0.39 is 5.60 Å². The Morgan fingerprint density at radius 3 is 2.68 bits per heavy atom. The van der Waals surface area contributed by atoms with E-state index in [1.807, 2.05) is 0 Å². The van der Waals surface area contributed by atoms with E-state index >= 15 is 0 Å². The van der Waals surface area contributed by atoms with Crippen LogP contribution in [0.3, 0.4) is 0 Å². The third-order valence-corrected chi connectivity index (χ3v) is 5.85. The number of fused-ring (bicyclic) bond motifs is 1. The number of piperidine rings is 1. The minimum absolute atomic E-state index is 0.0433. The van der Waals surface area contributed by atoms with Gasteiger partial charge < -0.3 is 10.1 Å². The Labute approximate surface area is 135 Å². The van der Waals surface area contributed by atoms with E-state index in [0.717, 1.165) is 31.1 Å². The van der Waals surface area contributed by atoms with Crippen molar-refractivity contribution in [1.82, 2.24) is 10.3 Å². The Morgan fingerprint density at radius 1 is 1.23 bits per heavy atom. The maximum absolute atomic E-state index is 12.7. The van der Waals surface area contributed by atoms with Crippen LogP contribution in [0.5, 0.6) is 0 Å². The zero-order valence-electron chi connectivity index (χ0n) is 13.2. The van der Waals surface area contributed by atoms with Crippen LogP contribution in [-0.2, 0) is 22.4 Å². The van der Waals surface area contributed by atoms with Crippen molar-refractivity contribution in [2.24, 2.45) is 0 Å². The van der Waals surface area contributed by atoms with Crippen LogP contribution in [0.1, 0.15) is 49.1 Å².